The topological polar surface area (TPSA) is 816 Å². The number of carboxylic acids is 2. The smallest absolute Gasteiger partial charge is 0.397 e. The molecule has 5 aliphatic heterocycles. The van der Waals surface area contributed by atoms with Gasteiger partial charge >= 0.3 is 94.8 Å². The van der Waals surface area contributed by atoms with Gasteiger partial charge in [0.15, 0.2) is 49.8 Å². The van der Waals surface area contributed by atoms with Crippen molar-refractivity contribution in [3.05, 3.63) is 0 Å². The number of carboxylic acid groups (broad SMARTS) is 2. The molecule has 5 aliphatic rings. The molecule has 0 spiro atoms. The minimum Gasteiger partial charge on any atom is -0.479 e. The molecule has 0 aromatic carbocycles. The number of nitrogens with one attached hydrogen (secondary N) is 3. The van der Waals surface area contributed by atoms with Gasteiger partial charge in [0.05, 0.1) is 19.8 Å². The minimum absolute atomic E-state index is 1.09. The van der Waals surface area contributed by atoms with Gasteiger partial charge in [0.1, 0.15) is 104 Å². The number of aliphatic hydroxyl groups excluding tert-OH is 7. The Hall–Kier alpha value is -2.74. The van der Waals surface area contributed by atoms with Crippen molar-refractivity contribution in [2.75, 3.05) is 19.8 Å². The van der Waals surface area contributed by atoms with Crippen molar-refractivity contribution >= 4 is 94.8 Å². The largest absolute Gasteiger partial charge is 0.479 e. The molecule has 0 aromatic heterocycles. The van der Waals surface area contributed by atoms with E-state index in [9.17, 15) is 150 Å². The minimum atomic E-state index is -6.36. The number of carbonyl (C=O) groups is 2. The van der Waals surface area contributed by atoms with Crippen LogP contribution < -0.4 is 14.2 Å². The van der Waals surface area contributed by atoms with Crippen LogP contribution in [-0.2, 0) is 156 Å². The fourth-order valence-electron chi connectivity index (χ4n) is 8.80. The molecule has 20 N–H and O–H groups in total. The summed E-state index contributed by atoms with van der Waals surface area (Å²) in [6.07, 6.45) is -64.7. The molecule has 0 radical (unpaired) electrons. The van der Waals surface area contributed by atoms with Gasteiger partial charge in [-0.25, -0.2) is 30.5 Å². The molecule has 0 aliphatic carbocycles. The van der Waals surface area contributed by atoms with Gasteiger partial charge in [-0.15, -0.1) is 0 Å². The van der Waals surface area contributed by atoms with Crippen LogP contribution in [0, 0.1) is 0 Å². The summed E-state index contributed by atoms with van der Waals surface area (Å²) >= 11 is 0. The van der Waals surface area contributed by atoms with Crippen molar-refractivity contribution in [2.24, 2.45) is 0 Å². The second-order valence-corrected chi connectivity index (χ2v) is 27.4. The molecule has 5 fully saturated rings. The lowest BCUT2D eigenvalue weighted by Gasteiger charge is -2.50. The first-order valence-electron chi connectivity index (χ1n) is 23.2. The highest BCUT2D eigenvalue weighted by Crippen LogP contribution is 2.38. The monoisotopic (exact) mass is 1490 g/mol. The van der Waals surface area contributed by atoms with Gasteiger partial charge in [0.2, 0.25) is 0 Å². The Morgan fingerprint density at radius 3 is 1.14 bits per heavy atom. The van der Waals surface area contributed by atoms with E-state index in [0.717, 1.165) is 4.72 Å². The zero-order valence-electron chi connectivity index (χ0n) is 43.0. The normalized spacial score (nSPS) is 38.9. The third-order valence-corrected chi connectivity index (χ3v) is 16.2. The number of aliphatic hydroxyl groups is 7. The third-order valence-electron chi connectivity index (χ3n) is 12.2. The summed E-state index contributed by atoms with van der Waals surface area (Å²) in [5.41, 5.74) is 0. The molecule has 528 valence electrons. The Kier molecular flexibility index (Phi) is 25.4. The fraction of sp³-hybridized carbons (Fsp3) is 0.933. The van der Waals surface area contributed by atoms with Crippen molar-refractivity contribution in [1.29, 1.82) is 0 Å². The molecule has 90 heavy (non-hydrogen) atoms. The van der Waals surface area contributed by atoms with Crippen molar-refractivity contribution < 1.29 is 223 Å². The van der Waals surface area contributed by atoms with E-state index in [1.54, 1.807) is 0 Å². The SMILES string of the molecule is O=C(O)[C@H]1O[C@@H](O[C@H]2[C@H](OS(=O)(=O)O)[C@@H](NS(=O)(=O)O)[C@@H](O[C@H]3[C@H](O)[C@@H](OS(=O)(=O)O)[C@H](O[C@H]4[C@H](O)[C@@H](NS(=O)(=O)O)C(O)O[C@@H]4COS(=O)(=O)O)O[C@H]3C(=O)O)O[C@@H]2COS(=O)(=O)O)[C@H](O)[C@@H](O)[C@@H]1O[C@H]1O[C@H](COS(=O)(=O)O)[C@@H](O)[C@H](O)[C@H]1NS(=O)(=O)O. The first-order valence-corrected chi connectivity index (χ1v) is 34.3. The summed E-state index contributed by atoms with van der Waals surface area (Å²) in [5, 5.41) is 97.8. The van der Waals surface area contributed by atoms with E-state index < -0.39 is 268 Å². The fourth-order valence-corrected chi connectivity index (χ4v) is 12.5. The van der Waals surface area contributed by atoms with Crippen LogP contribution >= 0.6 is 0 Å². The van der Waals surface area contributed by atoms with E-state index in [0.29, 0.717) is 0 Å². The zero-order chi connectivity index (χ0) is 68.7. The predicted molar refractivity (Wildman–Crippen MR) is 257 cm³/mol. The third kappa shape index (κ3) is 22.4. The Balaban J connectivity index is 1.59. The average molecular weight is 1490 g/mol. The molecule has 60 heteroatoms. The van der Waals surface area contributed by atoms with Gasteiger partial charge in [-0.05, 0) is 0 Å². The van der Waals surface area contributed by atoms with E-state index in [1.807, 2.05) is 0 Å². The highest BCUT2D eigenvalue weighted by atomic mass is 32.3. The standard InChI is InChI=1S/C30H51N3O49S8/c34-10-4(1-69-86(54,55)56)73-27(8(11(10)35)32-84(48,49)50)77-19-13(37)14(38)29(79-22(19)24(40)41)76-17-6(3-71-88(60,61)62)74-28(9(33-85(51,52)53)18(17)81-89(63,64)65)78-20-15(39)21(82-90(66,67)68)30(80-23(20)25(42)43)75-16-5(2-70-87(57,58)59)72-26(44)7(12(16)36)31-83(45,46)47/h4-23,26-39,44H,1-3H2,(H,40,41)(H,42,43)(H,45,46,47)(H,48,49,50)(H,51,52,53)(H,54,55,56)(H,57,58,59)(H,60,61,62)(H,63,64,65)(H,66,67,68)/t4-,5-,6-,7-,8-,9-,10-,11-,12-,13-,14-,15+,16-,17-,18-,19+,20+,21-,22+,23-,26?,27-,28-,29-,30-/m1/s1. The molecule has 0 aromatic rings. The predicted octanol–water partition coefficient (Wildman–Crippen LogP) is -14.4. The van der Waals surface area contributed by atoms with Crippen LogP contribution in [0.2, 0.25) is 0 Å². The molecule has 0 amide bonds. The van der Waals surface area contributed by atoms with Crippen LogP contribution in [0.3, 0.4) is 0 Å². The Morgan fingerprint density at radius 1 is 0.333 bits per heavy atom. The van der Waals surface area contributed by atoms with E-state index in [4.69, 9.17) is 51.7 Å². The van der Waals surface area contributed by atoms with Crippen LogP contribution in [0.1, 0.15) is 0 Å². The molecular weight excluding hydrogens is 1440 g/mol. The highest BCUT2D eigenvalue weighted by Gasteiger charge is 2.61. The maximum absolute atomic E-state index is 12.9. The zero-order valence-corrected chi connectivity index (χ0v) is 49.5. The molecule has 0 saturated carbocycles. The summed E-state index contributed by atoms with van der Waals surface area (Å²) in [7, 11) is -46.7. The van der Waals surface area contributed by atoms with Gasteiger partial charge in [-0.2, -0.15) is 81.5 Å². The first-order chi connectivity index (χ1) is 40.6. The van der Waals surface area contributed by atoms with E-state index >= 15 is 0 Å². The van der Waals surface area contributed by atoms with Gasteiger partial charge in [-0.1, -0.05) is 0 Å². The lowest BCUT2D eigenvalue weighted by Crippen LogP contribution is -2.71. The van der Waals surface area contributed by atoms with E-state index in [2.05, 4.69) is 20.9 Å². The summed E-state index contributed by atoms with van der Waals surface area (Å²) in [6, 6.07) is -8.42. The maximum atomic E-state index is 12.9. The molecule has 5 heterocycles. The van der Waals surface area contributed by atoms with Crippen molar-refractivity contribution in [1.82, 2.24) is 14.2 Å². The molecule has 0 bridgehead atoms. The summed E-state index contributed by atoms with van der Waals surface area (Å²) in [6.45, 7) is -5.16. The molecule has 1 unspecified atom stereocenters. The summed E-state index contributed by atoms with van der Waals surface area (Å²) in [4.78, 5) is 25.7. The van der Waals surface area contributed by atoms with Gasteiger partial charge in [0.25, 0.3) is 0 Å². The number of rotatable bonds is 29. The number of hydrogen-bond acceptors (Lipinski definition) is 39. The highest BCUT2D eigenvalue weighted by molar-refractivity contribution is 7.84. The number of hydrogen-bond donors (Lipinski definition) is 20. The quantitative estimate of drug-likeness (QED) is 0.0309. The van der Waals surface area contributed by atoms with Crippen LogP contribution in [-0.4, -0.2) is 335 Å². The first kappa shape index (κ1) is 78.0. The number of ether oxygens (including phenoxy) is 9. The van der Waals surface area contributed by atoms with Crippen LogP contribution in [0.15, 0.2) is 0 Å². The lowest BCUT2D eigenvalue weighted by atomic mass is 9.94. The van der Waals surface area contributed by atoms with Crippen molar-refractivity contribution in [3.8, 4) is 0 Å². The Morgan fingerprint density at radius 2 is 0.700 bits per heavy atom. The molecule has 25 atom stereocenters. The molecule has 5 rings (SSSR count). The Bertz CT molecular complexity index is 3470. The van der Waals surface area contributed by atoms with Crippen LogP contribution in [0.5, 0.6) is 0 Å². The van der Waals surface area contributed by atoms with Crippen molar-refractivity contribution in [3.63, 3.8) is 0 Å². The summed E-state index contributed by atoms with van der Waals surface area (Å²) in [5.74, 6) is -4.94. The van der Waals surface area contributed by atoms with Gasteiger partial charge in [0, 0.05) is 0 Å². The maximum Gasteiger partial charge on any atom is 0.397 e. The van der Waals surface area contributed by atoms with E-state index in [1.165, 1.54) is 9.44 Å². The van der Waals surface area contributed by atoms with Crippen LogP contribution in [0.25, 0.3) is 0 Å². The van der Waals surface area contributed by atoms with Gasteiger partial charge in [-0.3, -0.25) is 36.4 Å². The van der Waals surface area contributed by atoms with Crippen LogP contribution in [0.4, 0.5) is 0 Å². The van der Waals surface area contributed by atoms with E-state index in [-0.39, 0.29) is 0 Å². The summed E-state index contributed by atoms with van der Waals surface area (Å²) < 4.78 is 339. The molecular formula is C30H51N3O49S8. The average Bonchev–Trinajstić information content (AvgIpc) is 0.774. The lowest BCUT2D eigenvalue weighted by molar-refractivity contribution is -0.372. The second kappa shape index (κ2) is 29.3. The molecule has 52 nitrogen and oxygen atoms in total. The number of aliphatic carboxylic acids is 2. The van der Waals surface area contributed by atoms with Crippen molar-refractivity contribution in [2.45, 2.75) is 153 Å². The molecule has 5 saturated heterocycles. The Labute approximate surface area is 502 Å². The van der Waals surface area contributed by atoms with Gasteiger partial charge < -0.3 is 88.6 Å². The second-order valence-electron chi connectivity index (χ2n) is 18.5.